The van der Waals surface area contributed by atoms with Gasteiger partial charge in [0.05, 0.1) is 12.5 Å². The summed E-state index contributed by atoms with van der Waals surface area (Å²) in [6.07, 6.45) is 20.6. The highest BCUT2D eigenvalue weighted by Gasteiger charge is 2.39. The highest BCUT2D eigenvalue weighted by molar-refractivity contribution is 5.62. The van der Waals surface area contributed by atoms with Gasteiger partial charge in [0.2, 0.25) is 0 Å². The highest BCUT2D eigenvalue weighted by atomic mass is 16.8. The van der Waals surface area contributed by atoms with E-state index in [0.29, 0.717) is 12.8 Å². The maximum absolute atomic E-state index is 12.3. The van der Waals surface area contributed by atoms with Crippen LogP contribution in [0.5, 0.6) is 0 Å². The van der Waals surface area contributed by atoms with Gasteiger partial charge in [0, 0.05) is 25.0 Å². The molecule has 0 spiro atoms. The third kappa shape index (κ3) is 4.65. The Morgan fingerprint density at radius 2 is 1.29 bits per heavy atom. The van der Waals surface area contributed by atoms with Crippen LogP contribution in [0.25, 0.3) is 0 Å². The molecule has 2 aliphatic rings. The molecule has 5 heteroatoms. The van der Waals surface area contributed by atoms with Crippen molar-refractivity contribution in [1.29, 1.82) is 0 Å². The van der Waals surface area contributed by atoms with Crippen LogP contribution >= 0.6 is 0 Å². The number of hydrogen-bond acceptors (Lipinski definition) is 5. The van der Waals surface area contributed by atoms with Crippen LogP contribution in [0, 0.1) is 0 Å². The molecule has 5 nitrogen and oxygen atoms in total. The van der Waals surface area contributed by atoms with Crippen molar-refractivity contribution in [3.05, 3.63) is 73.3 Å². The van der Waals surface area contributed by atoms with E-state index in [1.807, 2.05) is 38.2 Å². The lowest BCUT2D eigenvalue weighted by atomic mass is 10.1. The predicted octanol–water partition coefficient (Wildman–Crippen LogP) is 4.66. The molecule has 0 aromatic heterocycles. The zero-order valence-corrected chi connectivity index (χ0v) is 13.9. The fourth-order valence-electron chi connectivity index (χ4n) is 2.21. The van der Waals surface area contributed by atoms with Gasteiger partial charge in [-0.15, -0.1) is 0 Å². The molecule has 0 amide bonds. The number of carbonyl (C=O) groups is 1. The highest BCUT2D eigenvalue weighted by Crippen LogP contribution is 2.29. The van der Waals surface area contributed by atoms with Gasteiger partial charge in [0.25, 0.3) is 11.6 Å². The maximum Gasteiger partial charge on any atom is 0.515 e. The van der Waals surface area contributed by atoms with Crippen LogP contribution in [0.2, 0.25) is 0 Å². The molecule has 2 aliphatic carbocycles. The van der Waals surface area contributed by atoms with E-state index in [0.717, 1.165) is 0 Å². The first-order chi connectivity index (χ1) is 11.6. The van der Waals surface area contributed by atoms with E-state index in [1.54, 1.807) is 36.5 Å². The van der Waals surface area contributed by atoms with Crippen LogP contribution in [0.15, 0.2) is 73.3 Å². The molecule has 0 aromatic rings. The minimum Gasteiger partial charge on any atom is -0.456 e. The van der Waals surface area contributed by atoms with Gasteiger partial charge in [-0.25, -0.2) is 4.79 Å². The second kappa shape index (κ2) is 8.24. The van der Waals surface area contributed by atoms with Crippen LogP contribution in [0.4, 0.5) is 4.79 Å². The summed E-state index contributed by atoms with van der Waals surface area (Å²) in [5.74, 6) is -2.43. The number of rotatable bonds is 6. The predicted molar refractivity (Wildman–Crippen MR) is 90.6 cm³/mol. The van der Waals surface area contributed by atoms with Crippen LogP contribution < -0.4 is 0 Å². The summed E-state index contributed by atoms with van der Waals surface area (Å²) >= 11 is 0. The fraction of sp³-hybridized carbons (Fsp3) is 0.316. The molecule has 0 aromatic carbocycles. The first-order valence-corrected chi connectivity index (χ1v) is 7.82. The van der Waals surface area contributed by atoms with Crippen LogP contribution in [-0.2, 0) is 18.9 Å². The quantitative estimate of drug-likeness (QED) is 0.402. The Balaban J connectivity index is 2.08. The molecule has 0 saturated heterocycles. The van der Waals surface area contributed by atoms with Crippen molar-refractivity contribution in [1.82, 2.24) is 0 Å². The van der Waals surface area contributed by atoms with Gasteiger partial charge in [0.1, 0.15) is 0 Å². The summed E-state index contributed by atoms with van der Waals surface area (Å²) in [5, 5.41) is 0. The van der Waals surface area contributed by atoms with Crippen molar-refractivity contribution in [2.45, 2.75) is 38.3 Å². The van der Waals surface area contributed by atoms with Gasteiger partial charge in [-0.1, -0.05) is 48.6 Å². The van der Waals surface area contributed by atoms with Crippen molar-refractivity contribution >= 4 is 6.16 Å². The Morgan fingerprint density at radius 1 is 0.833 bits per heavy atom. The molecule has 24 heavy (non-hydrogen) atoms. The first-order valence-electron chi connectivity index (χ1n) is 7.82. The van der Waals surface area contributed by atoms with Crippen LogP contribution in [-0.4, -0.2) is 17.7 Å². The molecule has 128 valence electrons. The minimum atomic E-state index is -1.21. The van der Waals surface area contributed by atoms with Crippen molar-refractivity contribution in [2.24, 2.45) is 0 Å². The summed E-state index contributed by atoms with van der Waals surface area (Å²) in [4.78, 5) is 12.3. The summed E-state index contributed by atoms with van der Waals surface area (Å²) in [5.41, 5.74) is 0. The van der Waals surface area contributed by atoms with Gasteiger partial charge >= 0.3 is 6.16 Å². The lowest BCUT2D eigenvalue weighted by Crippen LogP contribution is -2.40. The molecule has 0 aliphatic heterocycles. The fourth-order valence-corrected chi connectivity index (χ4v) is 2.21. The van der Waals surface area contributed by atoms with E-state index in [-0.39, 0.29) is 0 Å². The van der Waals surface area contributed by atoms with E-state index >= 15 is 0 Å². The Hall–Kier alpha value is -2.69. The summed E-state index contributed by atoms with van der Waals surface area (Å²) in [6.45, 7) is 3.63. The largest absolute Gasteiger partial charge is 0.515 e. The lowest BCUT2D eigenvalue weighted by Gasteiger charge is -2.33. The molecule has 0 N–H and O–H groups in total. The second-order valence-electron chi connectivity index (χ2n) is 5.24. The maximum atomic E-state index is 12.3. The van der Waals surface area contributed by atoms with Crippen molar-refractivity contribution in [3.8, 4) is 0 Å². The third-order valence-corrected chi connectivity index (χ3v) is 3.32. The summed E-state index contributed by atoms with van der Waals surface area (Å²) in [6, 6.07) is 0. The van der Waals surface area contributed by atoms with Gasteiger partial charge in [-0.3, -0.25) is 0 Å². The Morgan fingerprint density at radius 3 is 1.62 bits per heavy atom. The lowest BCUT2D eigenvalue weighted by molar-refractivity contribution is -0.191. The molecule has 0 radical (unpaired) electrons. The van der Waals surface area contributed by atoms with E-state index in [4.69, 9.17) is 18.9 Å². The number of hydrogen-bond donors (Lipinski definition) is 0. The van der Waals surface area contributed by atoms with E-state index < -0.39 is 17.7 Å². The van der Waals surface area contributed by atoms with Crippen LogP contribution in [0.1, 0.15) is 26.7 Å². The number of allylic oxidation sites excluding steroid dienone is 6. The summed E-state index contributed by atoms with van der Waals surface area (Å²) in [7, 11) is 0. The zero-order chi connectivity index (χ0) is 17.3. The normalized spacial score (nSPS) is 28.4. The van der Waals surface area contributed by atoms with Gasteiger partial charge in [-0.05, 0) is 13.8 Å². The average Bonchev–Trinajstić information content (AvgIpc) is 2.60. The minimum absolute atomic E-state index is 0.390. The molecule has 0 bridgehead atoms. The molecule has 2 unspecified atom stereocenters. The second-order valence-corrected chi connectivity index (χ2v) is 5.24. The Labute approximate surface area is 142 Å². The van der Waals surface area contributed by atoms with Gasteiger partial charge < -0.3 is 18.9 Å². The van der Waals surface area contributed by atoms with E-state index in [1.165, 1.54) is 12.5 Å². The molecular formula is C19H22O5. The number of ether oxygens (including phenoxy) is 4. The molecular weight excluding hydrogens is 308 g/mol. The van der Waals surface area contributed by atoms with Crippen molar-refractivity contribution in [3.63, 3.8) is 0 Å². The standard InChI is InChI=1S/C19H22O5/c1-3-15-21-18(11-7-5-8-12-18)23-17(20)24-19(22-16-4-2)13-9-6-10-14-19/h3-11,13,15-16H,12,14H2,1-2H3. The van der Waals surface area contributed by atoms with Gasteiger partial charge in [0.15, 0.2) is 0 Å². The molecule has 0 fully saturated rings. The zero-order valence-electron chi connectivity index (χ0n) is 13.9. The monoisotopic (exact) mass is 330 g/mol. The van der Waals surface area contributed by atoms with Gasteiger partial charge in [-0.2, -0.15) is 0 Å². The molecule has 2 atom stereocenters. The molecule has 2 rings (SSSR count). The first kappa shape index (κ1) is 17.7. The Kier molecular flexibility index (Phi) is 6.07. The average molecular weight is 330 g/mol. The van der Waals surface area contributed by atoms with Crippen LogP contribution in [0.3, 0.4) is 0 Å². The SMILES string of the molecule is CC=COC1(OC(=O)OC2(OC=CC)C=CC=CC2)C=CC=CC1. The molecule has 0 heterocycles. The van der Waals surface area contributed by atoms with E-state index in [2.05, 4.69) is 0 Å². The third-order valence-electron chi connectivity index (χ3n) is 3.32. The van der Waals surface area contributed by atoms with Crippen molar-refractivity contribution in [2.75, 3.05) is 0 Å². The Bertz CT molecular complexity index is 559. The summed E-state index contributed by atoms with van der Waals surface area (Å²) < 4.78 is 22.0. The van der Waals surface area contributed by atoms with E-state index in [9.17, 15) is 4.79 Å². The molecule has 0 saturated carbocycles. The van der Waals surface area contributed by atoms with Crippen molar-refractivity contribution < 1.29 is 23.7 Å². The number of carbonyl (C=O) groups excluding carboxylic acids is 1. The topological polar surface area (TPSA) is 54.0 Å². The smallest absolute Gasteiger partial charge is 0.456 e.